The second-order valence-electron chi connectivity index (χ2n) is 7.39. The Morgan fingerprint density at radius 1 is 0.765 bits per heavy atom. The Labute approximate surface area is 105 Å². The monoisotopic (exact) mass is 234 g/mol. The standard InChI is InChI=1S/C15H26N2/c16-13-1-2-14(8-13)17-15-11-4-9-3-10(6-11)7-12(15)5-9/h9-15,17H,1-8,16H2. The molecule has 0 heterocycles. The van der Waals surface area contributed by atoms with Crippen LogP contribution in [0.5, 0.6) is 0 Å². The molecule has 5 fully saturated rings. The highest BCUT2D eigenvalue weighted by Crippen LogP contribution is 2.53. The Bertz CT molecular complexity index is 273. The van der Waals surface area contributed by atoms with Crippen molar-refractivity contribution >= 4 is 0 Å². The Morgan fingerprint density at radius 3 is 1.94 bits per heavy atom. The largest absolute Gasteiger partial charge is 0.328 e. The summed E-state index contributed by atoms with van der Waals surface area (Å²) in [5.41, 5.74) is 6.04. The number of nitrogens with two attached hydrogens (primary N) is 1. The van der Waals surface area contributed by atoms with Crippen LogP contribution < -0.4 is 11.1 Å². The molecule has 0 aromatic carbocycles. The molecule has 5 rings (SSSR count). The van der Waals surface area contributed by atoms with Gasteiger partial charge in [0.1, 0.15) is 0 Å². The van der Waals surface area contributed by atoms with Crippen LogP contribution in [0.1, 0.15) is 51.4 Å². The third-order valence-electron chi connectivity index (χ3n) is 6.13. The molecule has 2 atom stereocenters. The summed E-state index contributed by atoms with van der Waals surface area (Å²) < 4.78 is 0. The van der Waals surface area contributed by atoms with Crippen LogP contribution in [-0.4, -0.2) is 18.1 Å². The van der Waals surface area contributed by atoms with Gasteiger partial charge in [0.05, 0.1) is 0 Å². The van der Waals surface area contributed by atoms with E-state index in [-0.39, 0.29) is 0 Å². The molecule has 2 unspecified atom stereocenters. The molecule has 0 aliphatic heterocycles. The van der Waals surface area contributed by atoms with E-state index in [1.165, 1.54) is 44.9 Å². The predicted octanol–water partition coefficient (Wildman–Crippen LogP) is 2.28. The summed E-state index contributed by atoms with van der Waals surface area (Å²) in [7, 11) is 0. The highest BCUT2D eigenvalue weighted by atomic mass is 15.0. The van der Waals surface area contributed by atoms with Crippen LogP contribution in [0.4, 0.5) is 0 Å². The molecule has 5 aliphatic carbocycles. The first-order chi connectivity index (χ1) is 8.28. The first-order valence-corrected chi connectivity index (χ1v) is 7.79. The zero-order chi connectivity index (χ0) is 11.4. The van der Waals surface area contributed by atoms with Gasteiger partial charge in [-0.2, -0.15) is 0 Å². The average Bonchev–Trinajstić information content (AvgIpc) is 2.68. The number of hydrogen-bond acceptors (Lipinski definition) is 2. The molecular weight excluding hydrogens is 208 g/mol. The van der Waals surface area contributed by atoms with Crippen LogP contribution in [0.3, 0.4) is 0 Å². The molecule has 2 heteroatoms. The maximum absolute atomic E-state index is 6.04. The van der Waals surface area contributed by atoms with Gasteiger partial charge in [0, 0.05) is 18.1 Å². The second kappa shape index (κ2) is 3.96. The zero-order valence-electron chi connectivity index (χ0n) is 10.8. The fraction of sp³-hybridized carbons (Fsp3) is 1.00. The molecule has 2 nitrogen and oxygen atoms in total. The van der Waals surface area contributed by atoms with Crippen LogP contribution >= 0.6 is 0 Å². The van der Waals surface area contributed by atoms with Gasteiger partial charge in [-0.05, 0) is 75.0 Å². The molecule has 0 aromatic rings. The summed E-state index contributed by atoms with van der Waals surface area (Å²) in [6.45, 7) is 0. The average molecular weight is 234 g/mol. The molecular formula is C15H26N2. The second-order valence-corrected chi connectivity index (χ2v) is 7.39. The summed E-state index contributed by atoms with van der Waals surface area (Å²) in [6.07, 6.45) is 11.5. The van der Waals surface area contributed by atoms with Crippen molar-refractivity contribution in [3.8, 4) is 0 Å². The summed E-state index contributed by atoms with van der Waals surface area (Å²) in [6, 6.07) is 2.08. The van der Waals surface area contributed by atoms with Gasteiger partial charge >= 0.3 is 0 Å². The lowest BCUT2D eigenvalue weighted by molar-refractivity contribution is -0.0174. The van der Waals surface area contributed by atoms with Gasteiger partial charge in [0.2, 0.25) is 0 Å². The highest BCUT2D eigenvalue weighted by Gasteiger charge is 2.48. The number of hydrogen-bond donors (Lipinski definition) is 2. The molecule has 5 aliphatic rings. The Hall–Kier alpha value is -0.0800. The maximum atomic E-state index is 6.04. The van der Waals surface area contributed by atoms with Crippen molar-refractivity contribution in [1.82, 2.24) is 5.32 Å². The first-order valence-electron chi connectivity index (χ1n) is 7.79. The quantitative estimate of drug-likeness (QED) is 0.769. The smallest absolute Gasteiger partial charge is 0.0127 e. The summed E-state index contributed by atoms with van der Waals surface area (Å²) in [5.74, 6) is 4.23. The lowest BCUT2D eigenvalue weighted by Gasteiger charge is -2.55. The normalized spacial score (nSPS) is 56.6. The minimum Gasteiger partial charge on any atom is -0.328 e. The molecule has 5 saturated carbocycles. The van der Waals surface area contributed by atoms with Crippen LogP contribution in [0.15, 0.2) is 0 Å². The van der Waals surface area contributed by atoms with Gasteiger partial charge in [0.15, 0.2) is 0 Å². The van der Waals surface area contributed by atoms with Gasteiger partial charge in [-0.3, -0.25) is 0 Å². The van der Waals surface area contributed by atoms with E-state index >= 15 is 0 Å². The Balaban J connectivity index is 1.44. The fourth-order valence-corrected chi connectivity index (χ4v) is 5.64. The van der Waals surface area contributed by atoms with Crippen LogP contribution in [0.2, 0.25) is 0 Å². The van der Waals surface area contributed by atoms with Crippen molar-refractivity contribution in [2.45, 2.75) is 69.5 Å². The number of nitrogens with one attached hydrogen (secondary N) is 1. The van der Waals surface area contributed by atoms with Crippen molar-refractivity contribution in [1.29, 1.82) is 0 Å². The minimum atomic E-state index is 0.476. The maximum Gasteiger partial charge on any atom is 0.0127 e. The van der Waals surface area contributed by atoms with Crippen LogP contribution in [-0.2, 0) is 0 Å². The SMILES string of the molecule is NC1CCC(NC2C3CC4CC(C3)CC2C4)C1. The lowest BCUT2D eigenvalue weighted by atomic mass is 9.54. The van der Waals surface area contributed by atoms with Crippen LogP contribution in [0.25, 0.3) is 0 Å². The zero-order valence-corrected chi connectivity index (χ0v) is 10.8. The van der Waals surface area contributed by atoms with E-state index in [2.05, 4.69) is 5.32 Å². The van der Waals surface area contributed by atoms with Crippen molar-refractivity contribution < 1.29 is 0 Å². The van der Waals surface area contributed by atoms with Gasteiger partial charge in [-0.1, -0.05) is 0 Å². The van der Waals surface area contributed by atoms with E-state index in [1.807, 2.05) is 0 Å². The van der Waals surface area contributed by atoms with Crippen LogP contribution in [0, 0.1) is 23.7 Å². The van der Waals surface area contributed by atoms with Gasteiger partial charge in [-0.25, -0.2) is 0 Å². The van der Waals surface area contributed by atoms with Crippen molar-refractivity contribution in [2.24, 2.45) is 29.4 Å². The lowest BCUT2D eigenvalue weighted by Crippen LogP contribution is -2.56. The van der Waals surface area contributed by atoms with E-state index in [1.54, 1.807) is 6.42 Å². The van der Waals surface area contributed by atoms with Gasteiger partial charge in [-0.15, -0.1) is 0 Å². The van der Waals surface area contributed by atoms with E-state index in [9.17, 15) is 0 Å². The minimum absolute atomic E-state index is 0.476. The molecule has 0 aromatic heterocycles. The molecule has 0 radical (unpaired) electrons. The van der Waals surface area contributed by atoms with E-state index in [4.69, 9.17) is 5.73 Å². The van der Waals surface area contributed by atoms with Gasteiger partial charge < -0.3 is 11.1 Å². The van der Waals surface area contributed by atoms with Crippen molar-refractivity contribution in [3.63, 3.8) is 0 Å². The molecule has 0 spiro atoms. The topological polar surface area (TPSA) is 38.0 Å². The fourth-order valence-electron chi connectivity index (χ4n) is 5.64. The van der Waals surface area contributed by atoms with Crippen molar-refractivity contribution in [3.05, 3.63) is 0 Å². The molecule has 4 bridgehead atoms. The molecule has 96 valence electrons. The molecule has 0 saturated heterocycles. The summed E-state index contributed by atoms with van der Waals surface area (Å²) >= 11 is 0. The molecule has 3 N–H and O–H groups in total. The molecule has 17 heavy (non-hydrogen) atoms. The van der Waals surface area contributed by atoms with E-state index in [0.29, 0.717) is 6.04 Å². The van der Waals surface area contributed by atoms with E-state index in [0.717, 1.165) is 35.8 Å². The summed E-state index contributed by atoms with van der Waals surface area (Å²) in [4.78, 5) is 0. The summed E-state index contributed by atoms with van der Waals surface area (Å²) in [5, 5.41) is 4.01. The third kappa shape index (κ3) is 1.84. The van der Waals surface area contributed by atoms with E-state index < -0.39 is 0 Å². The Morgan fingerprint density at radius 2 is 1.41 bits per heavy atom. The van der Waals surface area contributed by atoms with Gasteiger partial charge in [0.25, 0.3) is 0 Å². The first kappa shape index (κ1) is 10.8. The number of rotatable bonds is 2. The third-order valence-corrected chi connectivity index (χ3v) is 6.13. The highest BCUT2D eigenvalue weighted by molar-refractivity contribution is 5.02. The predicted molar refractivity (Wildman–Crippen MR) is 69.6 cm³/mol. The molecule has 0 amide bonds. The Kier molecular flexibility index (Phi) is 2.52. The van der Waals surface area contributed by atoms with Crippen molar-refractivity contribution in [2.75, 3.05) is 0 Å².